The number of hydrogen-bond donors (Lipinski definition) is 0. The van der Waals surface area contributed by atoms with Crippen molar-refractivity contribution < 1.29 is 18.6 Å². The summed E-state index contributed by atoms with van der Waals surface area (Å²) in [4.78, 5) is 18.9. The molecule has 0 bridgehead atoms. The molecular weight excluding hydrogens is 274 g/mol. The van der Waals surface area contributed by atoms with Crippen LogP contribution in [-0.2, 0) is 0 Å². The van der Waals surface area contributed by atoms with Gasteiger partial charge < -0.3 is 0 Å². The van der Waals surface area contributed by atoms with Gasteiger partial charge in [0.2, 0.25) is 0 Å². The summed E-state index contributed by atoms with van der Waals surface area (Å²) in [7, 11) is 0. The minimum atomic E-state index is -0.570. The first-order valence-corrected chi connectivity index (χ1v) is 5.20. The molecule has 0 saturated carbocycles. The molecule has 0 atom stereocenters. The third-order valence-electron chi connectivity index (χ3n) is 2.07. The van der Waals surface area contributed by atoms with Gasteiger partial charge >= 0.3 is 0 Å². The van der Waals surface area contributed by atoms with Gasteiger partial charge in [0.15, 0.2) is 0 Å². The fraction of sp³-hybridized carbons (Fsp3) is 0. The minimum Gasteiger partial charge on any atom is -0.258 e. The van der Waals surface area contributed by atoms with E-state index in [1.54, 1.807) is 0 Å². The molecule has 20 heavy (non-hydrogen) atoms. The fourth-order valence-electron chi connectivity index (χ4n) is 1.13. The second-order valence-electron chi connectivity index (χ2n) is 3.47. The maximum atomic E-state index is 12.1. The highest BCUT2D eigenvalue weighted by Crippen LogP contribution is 2.10. The number of rotatable bonds is 2. The van der Waals surface area contributed by atoms with Crippen molar-refractivity contribution in [1.82, 2.24) is 0 Å². The van der Waals surface area contributed by atoms with Crippen LogP contribution >= 0.6 is 0 Å². The van der Waals surface area contributed by atoms with Crippen molar-refractivity contribution >= 4 is 11.4 Å². The average molecular weight is 282 g/mol. The summed E-state index contributed by atoms with van der Waals surface area (Å²) in [5.74, 6) is -0.934. The third kappa shape index (κ3) is 4.77. The van der Waals surface area contributed by atoms with Crippen molar-refractivity contribution in [3.05, 3.63) is 80.4 Å². The number of nitro benzene ring substituents is 2. The topological polar surface area (TPSA) is 86.3 Å². The summed E-state index contributed by atoms with van der Waals surface area (Å²) in [6, 6.07) is 8.70. The molecule has 0 amide bonds. The average Bonchev–Trinajstić information content (AvgIpc) is 2.40. The van der Waals surface area contributed by atoms with Crippen LogP contribution in [0.1, 0.15) is 0 Å². The van der Waals surface area contributed by atoms with E-state index in [4.69, 9.17) is 0 Å². The highest BCUT2D eigenvalue weighted by atomic mass is 19.1. The SMILES string of the molecule is O=[N+]([O-])c1ccc(F)cc1.O=[N+]([O-])c1ccc(F)cc1. The zero-order valence-corrected chi connectivity index (χ0v) is 9.90. The lowest BCUT2D eigenvalue weighted by Crippen LogP contribution is -1.86. The van der Waals surface area contributed by atoms with E-state index in [1.807, 2.05) is 0 Å². The zero-order chi connectivity index (χ0) is 15.1. The van der Waals surface area contributed by atoms with Gasteiger partial charge in [0, 0.05) is 24.3 Å². The lowest BCUT2D eigenvalue weighted by atomic mass is 10.3. The van der Waals surface area contributed by atoms with Crippen LogP contribution in [0.25, 0.3) is 0 Å². The molecule has 0 saturated heterocycles. The molecule has 0 aliphatic carbocycles. The van der Waals surface area contributed by atoms with Crippen molar-refractivity contribution in [2.24, 2.45) is 0 Å². The number of hydrogen-bond acceptors (Lipinski definition) is 4. The summed E-state index contributed by atoms with van der Waals surface area (Å²) in [6.45, 7) is 0. The normalized spacial score (nSPS) is 9.30. The number of benzene rings is 2. The van der Waals surface area contributed by atoms with Crippen LogP contribution in [-0.4, -0.2) is 9.85 Å². The lowest BCUT2D eigenvalue weighted by Gasteiger charge is -1.87. The van der Waals surface area contributed by atoms with E-state index >= 15 is 0 Å². The van der Waals surface area contributed by atoms with Crippen molar-refractivity contribution in [2.45, 2.75) is 0 Å². The highest BCUT2D eigenvalue weighted by Gasteiger charge is 2.02. The Balaban J connectivity index is 0.000000200. The van der Waals surface area contributed by atoms with Crippen molar-refractivity contribution in [1.29, 1.82) is 0 Å². The number of nitro groups is 2. The van der Waals surface area contributed by atoms with E-state index < -0.39 is 21.5 Å². The minimum absolute atomic E-state index is 0.0959. The van der Waals surface area contributed by atoms with Crippen molar-refractivity contribution in [2.75, 3.05) is 0 Å². The Bertz CT molecular complexity index is 544. The smallest absolute Gasteiger partial charge is 0.258 e. The molecule has 0 aromatic heterocycles. The second-order valence-corrected chi connectivity index (χ2v) is 3.47. The van der Waals surface area contributed by atoms with Crippen LogP contribution < -0.4 is 0 Å². The van der Waals surface area contributed by atoms with Crippen LogP contribution in [0.3, 0.4) is 0 Å². The van der Waals surface area contributed by atoms with Crippen LogP contribution in [0, 0.1) is 31.9 Å². The molecule has 6 nitrogen and oxygen atoms in total. The molecule has 0 radical (unpaired) electrons. The molecule has 0 aliphatic rings. The van der Waals surface area contributed by atoms with Gasteiger partial charge in [-0.1, -0.05) is 0 Å². The van der Waals surface area contributed by atoms with Crippen LogP contribution in [0.5, 0.6) is 0 Å². The first kappa shape index (κ1) is 15.2. The molecule has 0 aliphatic heterocycles. The largest absolute Gasteiger partial charge is 0.269 e. The molecule has 0 heterocycles. The molecule has 8 heteroatoms. The van der Waals surface area contributed by atoms with Crippen molar-refractivity contribution in [3.8, 4) is 0 Å². The van der Waals surface area contributed by atoms with E-state index in [2.05, 4.69) is 0 Å². The molecule has 0 N–H and O–H groups in total. The van der Waals surface area contributed by atoms with E-state index in [0.717, 1.165) is 48.5 Å². The molecule has 0 fully saturated rings. The summed E-state index contributed by atoms with van der Waals surface area (Å²) in [6.07, 6.45) is 0. The molecule has 2 rings (SSSR count). The van der Waals surface area contributed by atoms with Gasteiger partial charge in [0.05, 0.1) is 9.85 Å². The van der Waals surface area contributed by atoms with Crippen LogP contribution in [0.4, 0.5) is 20.2 Å². The van der Waals surface area contributed by atoms with Crippen LogP contribution in [0.2, 0.25) is 0 Å². The Morgan fingerprint density at radius 1 is 0.650 bits per heavy atom. The van der Waals surface area contributed by atoms with Gasteiger partial charge in [-0.05, 0) is 24.3 Å². The Kier molecular flexibility index (Phi) is 5.21. The number of halogens is 2. The Labute approximate surface area is 111 Å². The Morgan fingerprint density at radius 3 is 1.10 bits per heavy atom. The fourth-order valence-corrected chi connectivity index (χ4v) is 1.13. The van der Waals surface area contributed by atoms with Gasteiger partial charge in [0.1, 0.15) is 11.6 Å². The Hall–Kier alpha value is -2.90. The van der Waals surface area contributed by atoms with E-state index in [1.165, 1.54) is 0 Å². The second kappa shape index (κ2) is 6.88. The predicted molar refractivity (Wildman–Crippen MR) is 66.1 cm³/mol. The van der Waals surface area contributed by atoms with Gasteiger partial charge in [-0.15, -0.1) is 0 Å². The standard InChI is InChI=1S/2C6H4FNO2/c2*7-5-1-3-6(4-2-5)8(9)10/h2*1-4H. The predicted octanol–water partition coefficient (Wildman–Crippen LogP) is 3.47. The summed E-state index contributed by atoms with van der Waals surface area (Å²) >= 11 is 0. The first-order valence-electron chi connectivity index (χ1n) is 5.20. The lowest BCUT2D eigenvalue weighted by molar-refractivity contribution is -0.385. The maximum absolute atomic E-state index is 12.1. The maximum Gasteiger partial charge on any atom is 0.269 e. The summed E-state index contributed by atoms with van der Waals surface area (Å²) < 4.78 is 24.3. The van der Waals surface area contributed by atoms with E-state index in [-0.39, 0.29) is 11.4 Å². The Morgan fingerprint density at radius 2 is 0.900 bits per heavy atom. The quantitative estimate of drug-likeness (QED) is 0.623. The highest BCUT2D eigenvalue weighted by molar-refractivity contribution is 5.29. The summed E-state index contributed by atoms with van der Waals surface area (Å²) in [5.41, 5.74) is -0.192. The molecule has 104 valence electrons. The van der Waals surface area contributed by atoms with Gasteiger partial charge in [0.25, 0.3) is 11.4 Å². The van der Waals surface area contributed by atoms with Crippen molar-refractivity contribution in [3.63, 3.8) is 0 Å². The van der Waals surface area contributed by atoms with Gasteiger partial charge in [-0.25, -0.2) is 8.78 Å². The molecule has 0 spiro atoms. The monoisotopic (exact) mass is 282 g/mol. The molecule has 2 aromatic carbocycles. The van der Waals surface area contributed by atoms with Gasteiger partial charge in [-0.2, -0.15) is 0 Å². The van der Waals surface area contributed by atoms with E-state index in [0.29, 0.717) is 0 Å². The molecule has 0 unspecified atom stereocenters. The molecular formula is C12H8F2N2O4. The molecule has 2 aromatic rings. The van der Waals surface area contributed by atoms with E-state index in [9.17, 15) is 29.0 Å². The van der Waals surface area contributed by atoms with Gasteiger partial charge in [-0.3, -0.25) is 20.2 Å². The third-order valence-corrected chi connectivity index (χ3v) is 2.07. The first-order chi connectivity index (χ1) is 9.40. The number of nitrogens with zero attached hydrogens (tertiary/aromatic N) is 2. The number of non-ortho nitro benzene ring substituents is 2. The summed E-state index contributed by atoms with van der Waals surface area (Å²) in [5, 5.41) is 20.0. The zero-order valence-electron chi connectivity index (χ0n) is 9.90. The van der Waals surface area contributed by atoms with Crippen LogP contribution in [0.15, 0.2) is 48.5 Å².